The summed E-state index contributed by atoms with van der Waals surface area (Å²) < 4.78 is 18.5. The normalized spacial score (nSPS) is 10.5. The van der Waals surface area contributed by atoms with E-state index in [-0.39, 0.29) is 18.2 Å². The predicted molar refractivity (Wildman–Crippen MR) is 95.5 cm³/mol. The molecule has 0 spiro atoms. The summed E-state index contributed by atoms with van der Waals surface area (Å²) in [5.74, 6) is -0.542. The van der Waals surface area contributed by atoms with Gasteiger partial charge >= 0.3 is 0 Å². The van der Waals surface area contributed by atoms with E-state index in [9.17, 15) is 9.18 Å². The van der Waals surface area contributed by atoms with E-state index in [1.165, 1.54) is 30.6 Å². The fourth-order valence-corrected chi connectivity index (χ4v) is 3.17. The standard InChI is InChI=1S/C19H17FN2O2S/c1-24-17-8-7-14(9-15(17)20)11-21-19(23)16-12-25-18(22-16)10-13-5-3-2-4-6-13/h2-9,12H,10-11H2,1H3,(H,21,23). The lowest BCUT2D eigenvalue weighted by atomic mass is 10.2. The van der Waals surface area contributed by atoms with Crippen molar-refractivity contribution in [2.45, 2.75) is 13.0 Å². The summed E-state index contributed by atoms with van der Waals surface area (Å²) >= 11 is 1.45. The third-order valence-electron chi connectivity index (χ3n) is 3.65. The molecule has 0 aliphatic heterocycles. The molecule has 0 atom stereocenters. The van der Waals surface area contributed by atoms with Crippen LogP contribution in [-0.4, -0.2) is 18.0 Å². The largest absolute Gasteiger partial charge is 0.494 e. The van der Waals surface area contributed by atoms with Gasteiger partial charge in [-0.25, -0.2) is 9.37 Å². The van der Waals surface area contributed by atoms with Crippen LogP contribution >= 0.6 is 11.3 Å². The van der Waals surface area contributed by atoms with Crippen LogP contribution in [0.2, 0.25) is 0 Å². The maximum atomic E-state index is 13.7. The second-order valence-corrected chi connectivity index (χ2v) is 6.38. The first kappa shape index (κ1) is 17.1. The summed E-state index contributed by atoms with van der Waals surface area (Å²) in [5, 5.41) is 5.37. The van der Waals surface area contributed by atoms with Gasteiger partial charge in [-0.1, -0.05) is 36.4 Å². The van der Waals surface area contributed by atoms with Crippen molar-refractivity contribution in [1.29, 1.82) is 0 Å². The zero-order valence-corrected chi connectivity index (χ0v) is 14.5. The number of halogens is 1. The van der Waals surface area contributed by atoms with E-state index < -0.39 is 5.82 Å². The minimum Gasteiger partial charge on any atom is -0.494 e. The Hall–Kier alpha value is -2.73. The van der Waals surface area contributed by atoms with Crippen LogP contribution in [0.1, 0.15) is 26.6 Å². The SMILES string of the molecule is COc1ccc(CNC(=O)c2csc(Cc3ccccc3)n2)cc1F. The highest BCUT2D eigenvalue weighted by Crippen LogP contribution is 2.18. The lowest BCUT2D eigenvalue weighted by Gasteiger charge is -2.06. The molecular weight excluding hydrogens is 339 g/mol. The molecule has 0 aliphatic carbocycles. The number of rotatable bonds is 6. The number of hydrogen-bond acceptors (Lipinski definition) is 4. The Balaban J connectivity index is 1.59. The first-order valence-electron chi connectivity index (χ1n) is 7.74. The number of carbonyl (C=O) groups is 1. The zero-order valence-electron chi connectivity index (χ0n) is 13.7. The van der Waals surface area contributed by atoms with Crippen molar-refractivity contribution in [2.75, 3.05) is 7.11 Å². The number of carbonyl (C=O) groups excluding carboxylic acids is 1. The molecule has 0 fully saturated rings. The molecule has 0 radical (unpaired) electrons. The molecule has 1 N–H and O–H groups in total. The van der Waals surface area contributed by atoms with E-state index in [1.54, 1.807) is 11.4 Å². The van der Waals surface area contributed by atoms with Gasteiger partial charge in [0.1, 0.15) is 5.69 Å². The molecule has 0 aliphatic rings. The first-order valence-corrected chi connectivity index (χ1v) is 8.62. The van der Waals surface area contributed by atoms with E-state index in [4.69, 9.17) is 4.74 Å². The second kappa shape index (κ2) is 7.90. The number of hydrogen-bond donors (Lipinski definition) is 1. The molecule has 6 heteroatoms. The summed E-state index contributed by atoms with van der Waals surface area (Å²) in [6.45, 7) is 0.227. The topological polar surface area (TPSA) is 51.2 Å². The third-order valence-corrected chi connectivity index (χ3v) is 4.50. The molecule has 0 saturated carbocycles. The lowest BCUT2D eigenvalue weighted by Crippen LogP contribution is -2.23. The van der Waals surface area contributed by atoms with Gasteiger partial charge < -0.3 is 10.1 Å². The maximum Gasteiger partial charge on any atom is 0.271 e. The fraction of sp³-hybridized carbons (Fsp3) is 0.158. The Morgan fingerprint density at radius 1 is 1.20 bits per heavy atom. The Bertz CT molecular complexity index is 865. The van der Waals surface area contributed by atoms with Crippen LogP contribution in [0.4, 0.5) is 4.39 Å². The number of benzene rings is 2. The molecule has 3 aromatic rings. The summed E-state index contributed by atoms with van der Waals surface area (Å²) in [7, 11) is 1.41. The molecule has 1 heterocycles. The number of nitrogens with zero attached hydrogens (tertiary/aromatic N) is 1. The van der Waals surface area contributed by atoms with Gasteiger partial charge in [0.25, 0.3) is 5.91 Å². The van der Waals surface area contributed by atoms with E-state index in [0.717, 1.165) is 10.6 Å². The van der Waals surface area contributed by atoms with E-state index in [2.05, 4.69) is 10.3 Å². The third kappa shape index (κ3) is 4.42. The first-order chi connectivity index (χ1) is 12.2. The number of methoxy groups -OCH3 is 1. The highest BCUT2D eigenvalue weighted by atomic mass is 32.1. The van der Waals surface area contributed by atoms with Crippen LogP contribution in [0.15, 0.2) is 53.9 Å². The van der Waals surface area contributed by atoms with Gasteiger partial charge in [-0.3, -0.25) is 4.79 Å². The molecule has 4 nitrogen and oxygen atoms in total. The predicted octanol–water partition coefficient (Wildman–Crippen LogP) is 3.81. The molecule has 128 valence electrons. The quantitative estimate of drug-likeness (QED) is 0.731. The van der Waals surface area contributed by atoms with Crippen LogP contribution in [0.3, 0.4) is 0 Å². The molecule has 1 amide bonds. The van der Waals surface area contributed by atoms with Gasteiger partial charge in [0.05, 0.1) is 12.1 Å². The molecule has 0 saturated heterocycles. The highest BCUT2D eigenvalue weighted by Gasteiger charge is 2.11. The van der Waals surface area contributed by atoms with Gasteiger partial charge in [0.2, 0.25) is 0 Å². The van der Waals surface area contributed by atoms with Crippen molar-refractivity contribution in [3.8, 4) is 5.75 Å². The smallest absolute Gasteiger partial charge is 0.271 e. The van der Waals surface area contributed by atoms with Crippen LogP contribution < -0.4 is 10.1 Å². The van der Waals surface area contributed by atoms with Crippen molar-refractivity contribution in [1.82, 2.24) is 10.3 Å². The molecule has 2 aromatic carbocycles. The van der Waals surface area contributed by atoms with Crippen molar-refractivity contribution in [3.63, 3.8) is 0 Å². The number of ether oxygens (including phenoxy) is 1. The van der Waals surface area contributed by atoms with Crippen LogP contribution in [0, 0.1) is 5.82 Å². The van der Waals surface area contributed by atoms with Crippen molar-refractivity contribution < 1.29 is 13.9 Å². The van der Waals surface area contributed by atoms with Crippen LogP contribution in [0.5, 0.6) is 5.75 Å². The molecule has 1 aromatic heterocycles. The molecular formula is C19H17FN2O2S. The number of amides is 1. The average molecular weight is 356 g/mol. The Morgan fingerprint density at radius 3 is 2.72 bits per heavy atom. The number of nitrogens with one attached hydrogen (secondary N) is 1. The van der Waals surface area contributed by atoms with Gasteiger partial charge in [-0.05, 0) is 23.3 Å². The second-order valence-electron chi connectivity index (χ2n) is 5.44. The maximum absolute atomic E-state index is 13.7. The summed E-state index contributed by atoms with van der Waals surface area (Å²) in [6.07, 6.45) is 0.697. The van der Waals surface area contributed by atoms with Crippen molar-refractivity contribution in [3.05, 3.63) is 81.6 Å². The summed E-state index contributed by atoms with van der Waals surface area (Å²) in [5.41, 5.74) is 2.19. The monoisotopic (exact) mass is 356 g/mol. The Morgan fingerprint density at radius 2 is 2.00 bits per heavy atom. The average Bonchev–Trinajstić information content (AvgIpc) is 3.09. The fourth-order valence-electron chi connectivity index (χ4n) is 2.36. The minimum absolute atomic E-state index is 0.181. The molecule has 3 rings (SSSR count). The van der Waals surface area contributed by atoms with Gasteiger partial charge in [-0.2, -0.15) is 0 Å². The van der Waals surface area contributed by atoms with Crippen molar-refractivity contribution in [2.24, 2.45) is 0 Å². The zero-order chi connectivity index (χ0) is 17.6. The minimum atomic E-state index is -0.451. The van der Waals surface area contributed by atoms with Gasteiger partial charge in [-0.15, -0.1) is 11.3 Å². The van der Waals surface area contributed by atoms with Crippen LogP contribution in [-0.2, 0) is 13.0 Å². The van der Waals surface area contributed by atoms with Crippen molar-refractivity contribution >= 4 is 17.2 Å². The van der Waals surface area contributed by atoms with E-state index >= 15 is 0 Å². The number of thiazole rings is 1. The molecule has 0 bridgehead atoms. The Labute approximate surface area is 149 Å². The number of aromatic nitrogens is 1. The van der Waals surface area contributed by atoms with E-state index in [1.807, 2.05) is 30.3 Å². The Kier molecular flexibility index (Phi) is 5.40. The lowest BCUT2D eigenvalue weighted by molar-refractivity contribution is 0.0946. The van der Waals surface area contributed by atoms with E-state index in [0.29, 0.717) is 17.7 Å². The molecule has 0 unspecified atom stereocenters. The van der Waals surface area contributed by atoms with Gasteiger partial charge in [0.15, 0.2) is 11.6 Å². The van der Waals surface area contributed by atoms with Gasteiger partial charge in [0, 0.05) is 18.3 Å². The van der Waals surface area contributed by atoms with Crippen LogP contribution in [0.25, 0.3) is 0 Å². The molecule has 25 heavy (non-hydrogen) atoms. The summed E-state index contributed by atoms with van der Waals surface area (Å²) in [6, 6.07) is 14.6. The summed E-state index contributed by atoms with van der Waals surface area (Å²) in [4.78, 5) is 16.6. The highest BCUT2D eigenvalue weighted by molar-refractivity contribution is 7.09.